The SMILES string of the molecule is CCCCCCCCCC/C=C/C(CCCCC=O)N=O. The maximum atomic E-state index is 10.7. The molecule has 0 fully saturated rings. The molecule has 0 aromatic rings. The van der Waals surface area contributed by atoms with Crippen LogP contribution in [0.3, 0.4) is 0 Å². The minimum Gasteiger partial charge on any atom is -0.303 e. The summed E-state index contributed by atoms with van der Waals surface area (Å²) in [6.07, 6.45) is 19.8. The van der Waals surface area contributed by atoms with Gasteiger partial charge in [-0.15, -0.1) is 0 Å². The molecule has 0 N–H and O–H groups in total. The zero-order valence-electron chi connectivity index (χ0n) is 13.8. The molecular weight excluding hydrogens is 262 g/mol. The first-order chi connectivity index (χ1) is 10.3. The molecular formula is C18H33NO2. The predicted octanol–water partition coefficient (Wildman–Crippen LogP) is 5.97. The summed E-state index contributed by atoms with van der Waals surface area (Å²) >= 11 is 0. The lowest BCUT2D eigenvalue weighted by molar-refractivity contribution is -0.107. The van der Waals surface area contributed by atoms with E-state index < -0.39 is 0 Å². The fraction of sp³-hybridized carbons (Fsp3) is 0.833. The summed E-state index contributed by atoms with van der Waals surface area (Å²) in [5.74, 6) is 0. The molecule has 0 aromatic heterocycles. The predicted molar refractivity (Wildman–Crippen MR) is 90.5 cm³/mol. The molecule has 0 aliphatic rings. The third kappa shape index (κ3) is 15.2. The molecule has 0 bridgehead atoms. The summed E-state index contributed by atoms with van der Waals surface area (Å²) in [7, 11) is 0. The van der Waals surface area contributed by atoms with Crippen LogP contribution in [0.5, 0.6) is 0 Å². The van der Waals surface area contributed by atoms with Crippen LogP contribution < -0.4 is 0 Å². The molecule has 0 radical (unpaired) electrons. The van der Waals surface area contributed by atoms with Gasteiger partial charge in [0.2, 0.25) is 0 Å². The van der Waals surface area contributed by atoms with Crippen LogP contribution in [0.2, 0.25) is 0 Å². The Hall–Kier alpha value is -0.990. The third-order valence-electron chi connectivity index (χ3n) is 3.79. The maximum Gasteiger partial charge on any atom is 0.119 e. The molecule has 0 amide bonds. The first kappa shape index (κ1) is 20.0. The smallest absolute Gasteiger partial charge is 0.119 e. The normalized spacial score (nSPS) is 12.6. The molecule has 0 spiro atoms. The largest absolute Gasteiger partial charge is 0.303 e. The van der Waals surface area contributed by atoms with Crippen molar-refractivity contribution in [2.75, 3.05) is 0 Å². The molecule has 0 aliphatic heterocycles. The van der Waals surface area contributed by atoms with Crippen molar-refractivity contribution >= 4 is 6.29 Å². The number of nitrogens with zero attached hydrogens (tertiary/aromatic N) is 1. The first-order valence-corrected chi connectivity index (χ1v) is 8.77. The number of nitroso groups, excluding NO2 is 1. The lowest BCUT2D eigenvalue weighted by Gasteiger charge is -2.03. The van der Waals surface area contributed by atoms with Gasteiger partial charge in [-0.1, -0.05) is 75.6 Å². The first-order valence-electron chi connectivity index (χ1n) is 8.77. The summed E-state index contributed by atoms with van der Waals surface area (Å²) in [5, 5.41) is 3.14. The molecule has 1 unspecified atom stereocenters. The molecule has 0 saturated carbocycles. The van der Waals surface area contributed by atoms with Gasteiger partial charge in [0.25, 0.3) is 0 Å². The number of hydrogen-bond acceptors (Lipinski definition) is 3. The quantitative estimate of drug-likeness (QED) is 0.152. The Bertz CT molecular complexity index is 264. The topological polar surface area (TPSA) is 46.5 Å². The van der Waals surface area contributed by atoms with E-state index in [0.717, 1.165) is 32.0 Å². The number of carbonyl (C=O) groups is 1. The molecule has 1 atom stereocenters. The highest BCUT2D eigenvalue weighted by Gasteiger charge is 2.02. The van der Waals surface area contributed by atoms with Crippen molar-refractivity contribution in [3.8, 4) is 0 Å². The van der Waals surface area contributed by atoms with E-state index in [1.165, 1.54) is 51.4 Å². The fourth-order valence-corrected chi connectivity index (χ4v) is 2.41. The van der Waals surface area contributed by atoms with Gasteiger partial charge in [0.05, 0.1) is 0 Å². The molecule has 0 saturated heterocycles. The van der Waals surface area contributed by atoms with Crippen molar-refractivity contribution in [2.45, 2.75) is 96.4 Å². The Balaban J connectivity index is 3.42. The van der Waals surface area contributed by atoms with Crippen molar-refractivity contribution in [1.82, 2.24) is 0 Å². The molecule has 3 nitrogen and oxygen atoms in total. The van der Waals surface area contributed by atoms with Gasteiger partial charge in [0, 0.05) is 6.42 Å². The number of aldehydes is 1. The Morgan fingerprint density at radius 2 is 1.48 bits per heavy atom. The van der Waals surface area contributed by atoms with E-state index in [1.807, 2.05) is 6.08 Å². The zero-order chi connectivity index (χ0) is 15.6. The van der Waals surface area contributed by atoms with E-state index in [9.17, 15) is 9.70 Å². The monoisotopic (exact) mass is 295 g/mol. The minimum absolute atomic E-state index is 0.203. The summed E-state index contributed by atoms with van der Waals surface area (Å²) < 4.78 is 0. The molecule has 122 valence electrons. The van der Waals surface area contributed by atoms with Gasteiger partial charge in [-0.05, 0) is 25.7 Å². The Morgan fingerprint density at radius 1 is 0.857 bits per heavy atom. The van der Waals surface area contributed by atoms with Crippen LogP contribution >= 0.6 is 0 Å². The Kier molecular flexibility index (Phi) is 16.3. The van der Waals surface area contributed by atoms with E-state index in [1.54, 1.807) is 0 Å². The number of rotatable bonds is 16. The van der Waals surface area contributed by atoms with Crippen LogP contribution in [-0.2, 0) is 4.79 Å². The summed E-state index contributed by atoms with van der Waals surface area (Å²) in [4.78, 5) is 20.9. The van der Waals surface area contributed by atoms with Gasteiger partial charge in [-0.25, -0.2) is 0 Å². The highest BCUT2D eigenvalue weighted by atomic mass is 16.3. The lowest BCUT2D eigenvalue weighted by atomic mass is 10.1. The van der Waals surface area contributed by atoms with Gasteiger partial charge >= 0.3 is 0 Å². The van der Waals surface area contributed by atoms with E-state index >= 15 is 0 Å². The lowest BCUT2D eigenvalue weighted by Crippen LogP contribution is -1.98. The standard InChI is InChI=1S/C18H33NO2/c1-2-3-4-5-6-7-8-9-10-12-15-18(19-21)16-13-11-14-17-20/h12,15,17-18H,2-11,13-14,16H2,1H3/b15-12+. The van der Waals surface area contributed by atoms with Crippen LogP contribution in [0, 0.1) is 4.91 Å². The molecule has 0 rings (SSSR count). The van der Waals surface area contributed by atoms with Gasteiger partial charge in [0.1, 0.15) is 12.3 Å². The van der Waals surface area contributed by atoms with Crippen LogP contribution in [-0.4, -0.2) is 12.3 Å². The molecule has 0 aromatic carbocycles. The second kappa shape index (κ2) is 17.1. The summed E-state index contributed by atoms with van der Waals surface area (Å²) in [5.41, 5.74) is 0. The second-order valence-corrected chi connectivity index (χ2v) is 5.82. The van der Waals surface area contributed by atoms with Crippen LogP contribution in [0.15, 0.2) is 17.3 Å². The van der Waals surface area contributed by atoms with Gasteiger partial charge in [-0.3, -0.25) is 0 Å². The third-order valence-corrected chi connectivity index (χ3v) is 3.79. The molecule has 0 aliphatic carbocycles. The van der Waals surface area contributed by atoms with Crippen LogP contribution in [0.25, 0.3) is 0 Å². The van der Waals surface area contributed by atoms with Gasteiger partial charge in [-0.2, -0.15) is 4.91 Å². The molecule has 21 heavy (non-hydrogen) atoms. The minimum atomic E-state index is -0.203. The average molecular weight is 295 g/mol. The van der Waals surface area contributed by atoms with Crippen molar-refractivity contribution in [2.24, 2.45) is 5.18 Å². The van der Waals surface area contributed by atoms with Crippen LogP contribution in [0.1, 0.15) is 90.4 Å². The Labute approximate surface area is 130 Å². The Morgan fingerprint density at radius 3 is 2.10 bits per heavy atom. The number of allylic oxidation sites excluding steroid dienone is 1. The zero-order valence-corrected chi connectivity index (χ0v) is 13.8. The average Bonchev–Trinajstić information content (AvgIpc) is 2.51. The van der Waals surface area contributed by atoms with Gasteiger partial charge in [0.15, 0.2) is 0 Å². The number of hydrogen-bond donors (Lipinski definition) is 0. The van der Waals surface area contributed by atoms with E-state index in [0.29, 0.717) is 6.42 Å². The molecule has 0 heterocycles. The number of unbranched alkanes of at least 4 members (excludes halogenated alkanes) is 10. The number of carbonyl (C=O) groups excluding carboxylic acids is 1. The highest BCUT2D eigenvalue weighted by Crippen LogP contribution is 2.11. The van der Waals surface area contributed by atoms with E-state index in [2.05, 4.69) is 18.2 Å². The van der Waals surface area contributed by atoms with Crippen LogP contribution in [0.4, 0.5) is 0 Å². The summed E-state index contributed by atoms with van der Waals surface area (Å²) in [6.45, 7) is 2.25. The van der Waals surface area contributed by atoms with Crippen molar-refractivity contribution in [3.63, 3.8) is 0 Å². The highest BCUT2D eigenvalue weighted by molar-refractivity contribution is 5.48. The summed E-state index contributed by atoms with van der Waals surface area (Å²) in [6, 6.07) is -0.203. The van der Waals surface area contributed by atoms with Crippen molar-refractivity contribution in [3.05, 3.63) is 17.1 Å². The fourth-order valence-electron chi connectivity index (χ4n) is 2.41. The molecule has 3 heteroatoms. The van der Waals surface area contributed by atoms with E-state index in [-0.39, 0.29) is 6.04 Å². The van der Waals surface area contributed by atoms with Gasteiger partial charge < -0.3 is 4.79 Å². The second-order valence-electron chi connectivity index (χ2n) is 5.82. The van der Waals surface area contributed by atoms with E-state index in [4.69, 9.17) is 0 Å². The maximum absolute atomic E-state index is 10.7. The van der Waals surface area contributed by atoms with Crippen molar-refractivity contribution < 1.29 is 4.79 Å². The van der Waals surface area contributed by atoms with Crippen molar-refractivity contribution in [1.29, 1.82) is 0 Å².